The molecule has 1 heterocycles. The van der Waals surface area contributed by atoms with E-state index in [1.54, 1.807) is 6.08 Å². The number of hydrogen-bond donors (Lipinski definition) is 2. The molecule has 0 saturated carbocycles. The van der Waals surface area contributed by atoms with Crippen LogP contribution in [0.4, 0.5) is 0 Å². The maximum absolute atomic E-state index is 5.62. The molecule has 2 N–H and O–H groups in total. The summed E-state index contributed by atoms with van der Waals surface area (Å²) in [6, 6.07) is 3.98. The molecule has 0 spiro atoms. The minimum atomic E-state index is 0.557. The van der Waals surface area contributed by atoms with E-state index in [1.165, 1.54) is 0 Å². The van der Waals surface area contributed by atoms with Crippen LogP contribution < -0.4 is 20.1 Å². The van der Waals surface area contributed by atoms with Crippen LogP contribution in [0.5, 0.6) is 11.5 Å². The molecule has 0 unspecified atom stereocenters. The molecule has 0 radical (unpaired) electrons. The van der Waals surface area contributed by atoms with Crippen LogP contribution in [-0.2, 0) is 6.54 Å². The number of hydrogen-bond acceptors (Lipinski definition) is 3. The van der Waals surface area contributed by atoms with Gasteiger partial charge in [-0.1, -0.05) is 6.08 Å². The molecular weight excluding hydrogens is 334 g/mol. The molecule has 1 aliphatic heterocycles. The molecule has 1 aromatic carbocycles. The van der Waals surface area contributed by atoms with Gasteiger partial charge in [-0.25, -0.2) is 4.99 Å². The van der Waals surface area contributed by atoms with Crippen molar-refractivity contribution in [1.29, 1.82) is 0 Å². The lowest BCUT2D eigenvalue weighted by Crippen LogP contribution is -2.37. The highest BCUT2D eigenvalue weighted by Gasteiger charge is 2.16. The molecule has 0 aliphatic carbocycles. The Morgan fingerprint density at radius 2 is 2.19 bits per heavy atom. The summed E-state index contributed by atoms with van der Waals surface area (Å²) in [5.41, 5.74) is 1.06. The van der Waals surface area contributed by atoms with Crippen LogP contribution >= 0.6 is 15.9 Å². The molecule has 0 bridgehead atoms. The Balaban J connectivity index is 2.10. The fourth-order valence-electron chi connectivity index (χ4n) is 1.94. The first-order chi connectivity index (χ1) is 10.2. The van der Waals surface area contributed by atoms with Gasteiger partial charge < -0.3 is 20.1 Å². The molecule has 1 aliphatic rings. The van der Waals surface area contributed by atoms with Crippen molar-refractivity contribution >= 4 is 21.9 Å². The van der Waals surface area contributed by atoms with E-state index in [4.69, 9.17) is 9.47 Å². The van der Waals surface area contributed by atoms with Gasteiger partial charge >= 0.3 is 0 Å². The second-order valence-corrected chi connectivity index (χ2v) is 5.32. The van der Waals surface area contributed by atoms with Gasteiger partial charge in [-0.15, -0.1) is 6.58 Å². The highest BCUT2D eigenvalue weighted by molar-refractivity contribution is 9.10. The van der Waals surface area contributed by atoms with Crippen LogP contribution in [0.3, 0.4) is 0 Å². The number of fused-ring (bicyclic) bond motifs is 1. The van der Waals surface area contributed by atoms with Crippen LogP contribution in [0.15, 0.2) is 34.3 Å². The first-order valence-electron chi connectivity index (χ1n) is 6.95. The molecule has 0 aromatic heterocycles. The zero-order chi connectivity index (χ0) is 15.1. The van der Waals surface area contributed by atoms with Crippen molar-refractivity contribution in [3.05, 3.63) is 34.8 Å². The predicted octanol–water partition coefficient (Wildman–Crippen LogP) is 2.46. The summed E-state index contributed by atoms with van der Waals surface area (Å²) in [5.74, 6) is 2.30. The van der Waals surface area contributed by atoms with E-state index in [9.17, 15) is 0 Å². The summed E-state index contributed by atoms with van der Waals surface area (Å²) < 4.78 is 12.1. The Morgan fingerprint density at radius 3 is 2.95 bits per heavy atom. The van der Waals surface area contributed by atoms with Gasteiger partial charge in [0.05, 0.1) is 11.0 Å². The number of rotatable bonds is 5. The second-order valence-electron chi connectivity index (χ2n) is 4.47. The highest BCUT2D eigenvalue weighted by Crippen LogP contribution is 2.38. The minimum Gasteiger partial charge on any atom is -0.486 e. The van der Waals surface area contributed by atoms with E-state index in [0.717, 1.165) is 34.0 Å². The van der Waals surface area contributed by atoms with E-state index in [0.29, 0.717) is 26.3 Å². The van der Waals surface area contributed by atoms with Gasteiger partial charge in [0.2, 0.25) is 0 Å². The van der Waals surface area contributed by atoms with E-state index in [-0.39, 0.29) is 0 Å². The number of aliphatic imine (C=N–C) groups is 1. The molecule has 21 heavy (non-hydrogen) atoms. The Morgan fingerprint density at radius 1 is 1.38 bits per heavy atom. The third kappa shape index (κ3) is 4.39. The molecule has 2 rings (SSSR count). The predicted molar refractivity (Wildman–Crippen MR) is 88.1 cm³/mol. The smallest absolute Gasteiger partial charge is 0.191 e. The maximum atomic E-state index is 5.62. The second kappa shape index (κ2) is 7.93. The average molecular weight is 354 g/mol. The number of guanidine groups is 1. The molecule has 6 heteroatoms. The van der Waals surface area contributed by atoms with Crippen LogP contribution in [-0.4, -0.2) is 32.3 Å². The normalized spacial score (nSPS) is 13.7. The van der Waals surface area contributed by atoms with Crippen LogP contribution in [0.1, 0.15) is 12.5 Å². The summed E-state index contributed by atoms with van der Waals surface area (Å²) in [5, 5.41) is 6.36. The van der Waals surface area contributed by atoms with Gasteiger partial charge in [-0.3, -0.25) is 0 Å². The number of nitrogens with one attached hydrogen (secondary N) is 2. The zero-order valence-corrected chi connectivity index (χ0v) is 13.7. The Labute approximate surface area is 133 Å². The lowest BCUT2D eigenvalue weighted by molar-refractivity contribution is 0.170. The summed E-state index contributed by atoms with van der Waals surface area (Å²) in [6.07, 6.45) is 1.80. The van der Waals surface area contributed by atoms with Crippen LogP contribution in [0.25, 0.3) is 0 Å². The summed E-state index contributed by atoms with van der Waals surface area (Å²) in [6.45, 7) is 8.93. The van der Waals surface area contributed by atoms with Crippen LogP contribution in [0, 0.1) is 0 Å². The number of nitrogens with zero attached hydrogens (tertiary/aromatic N) is 1. The van der Waals surface area contributed by atoms with E-state index in [2.05, 4.69) is 38.1 Å². The molecule has 1 aromatic rings. The lowest BCUT2D eigenvalue weighted by atomic mass is 10.2. The lowest BCUT2D eigenvalue weighted by Gasteiger charge is -2.20. The van der Waals surface area contributed by atoms with Gasteiger partial charge in [0.15, 0.2) is 17.5 Å². The quantitative estimate of drug-likeness (QED) is 0.485. The molecule has 0 atom stereocenters. The van der Waals surface area contributed by atoms with Crippen LogP contribution in [0.2, 0.25) is 0 Å². The number of halogens is 1. The Hall–Kier alpha value is -1.69. The summed E-state index contributed by atoms with van der Waals surface area (Å²) in [7, 11) is 0. The molecule has 0 saturated heterocycles. The Kier molecular flexibility index (Phi) is 5.92. The van der Waals surface area contributed by atoms with Gasteiger partial charge in [-0.05, 0) is 40.5 Å². The largest absolute Gasteiger partial charge is 0.486 e. The van der Waals surface area contributed by atoms with Crippen molar-refractivity contribution in [1.82, 2.24) is 10.6 Å². The summed E-state index contributed by atoms with van der Waals surface area (Å²) in [4.78, 5) is 4.54. The van der Waals surface area contributed by atoms with E-state index < -0.39 is 0 Å². The monoisotopic (exact) mass is 353 g/mol. The number of benzene rings is 1. The SMILES string of the molecule is C=CCNC(=NCc1cc(Br)c2c(c1)OCCO2)NCC. The molecule has 114 valence electrons. The van der Waals surface area contributed by atoms with Crippen molar-refractivity contribution in [3.63, 3.8) is 0 Å². The van der Waals surface area contributed by atoms with Gasteiger partial charge in [0.1, 0.15) is 13.2 Å². The van der Waals surface area contributed by atoms with Crippen molar-refractivity contribution in [2.45, 2.75) is 13.5 Å². The van der Waals surface area contributed by atoms with Crippen molar-refractivity contribution in [2.75, 3.05) is 26.3 Å². The standard InChI is InChI=1S/C15H20BrN3O2/c1-3-5-18-15(17-4-2)19-10-11-8-12(16)14-13(9-11)20-6-7-21-14/h3,8-9H,1,4-7,10H2,2H3,(H2,17,18,19). The van der Waals surface area contributed by atoms with Crippen molar-refractivity contribution < 1.29 is 9.47 Å². The Bertz CT molecular complexity index is 532. The zero-order valence-electron chi connectivity index (χ0n) is 12.1. The maximum Gasteiger partial charge on any atom is 0.191 e. The molecule has 0 amide bonds. The first-order valence-corrected chi connectivity index (χ1v) is 7.75. The molecular formula is C15H20BrN3O2. The topological polar surface area (TPSA) is 54.9 Å². The molecule has 0 fully saturated rings. The van der Waals surface area contributed by atoms with Crippen molar-refractivity contribution in [3.8, 4) is 11.5 Å². The third-order valence-electron chi connectivity index (χ3n) is 2.83. The third-order valence-corrected chi connectivity index (χ3v) is 3.42. The van der Waals surface area contributed by atoms with E-state index >= 15 is 0 Å². The number of ether oxygens (including phenoxy) is 2. The minimum absolute atomic E-state index is 0.557. The average Bonchev–Trinajstić information content (AvgIpc) is 2.50. The fraction of sp³-hybridized carbons (Fsp3) is 0.400. The van der Waals surface area contributed by atoms with Gasteiger partial charge in [0.25, 0.3) is 0 Å². The first kappa shape index (κ1) is 15.7. The van der Waals surface area contributed by atoms with Gasteiger partial charge in [-0.2, -0.15) is 0 Å². The summed E-state index contributed by atoms with van der Waals surface area (Å²) >= 11 is 3.51. The highest BCUT2D eigenvalue weighted by atomic mass is 79.9. The fourth-order valence-corrected chi connectivity index (χ4v) is 2.54. The van der Waals surface area contributed by atoms with E-state index in [1.807, 2.05) is 19.1 Å². The van der Waals surface area contributed by atoms with Crippen molar-refractivity contribution in [2.24, 2.45) is 4.99 Å². The molecule has 5 nitrogen and oxygen atoms in total. The van der Waals surface area contributed by atoms with Gasteiger partial charge in [0, 0.05) is 13.1 Å².